The summed E-state index contributed by atoms with van der Waals surface area (Å²) < 4.78 is 5.49. The number of aromatic nitrogens is 1. The van der Waals surface area contributed by atoms with Gasteiger partial charge in [0.25, 0.3) is 0 Å². The Kier molecular flexibility index (Phi) is 2.38. The second kappa shape index (κ2) is 3.52. The first-order valence-electron chi connectivity index (χ1n) is 4.19. The van der Waals surface area contributed by atoms with Crippen molar-refractivity contribution in [2.45, 2.75) is 25.0 Å². The molecule has 1 saturated carbocycles. The predicted molar refractivity (Wildman–Crippen MR) is 48.9 cm³/mol. The number of aliphatic hydroxyl groups is 1. The van der Waals surface area contributed by atoms with Gasteiger partial charge >= 0.3 is 0 Å². The number of nitrogens with zero attached hydrogens (tertiary/aromatic N) is 1. The third-order valence-corrected chi connectivity index (χ3v) is 2.26. The second-order valence-electron chi connectivity index (χ2n) is 3.20. The zero-order valence-corrected chi connectivity index (χ0v) is 7.74. The van der Waals surface area contributed by atoms with Gasteiger partial charge in [-0.1, -0.05) is 11.6 Å². The van der Waals surface area contributed by atoms with Crippen LogP contribution < -0.4 is 4.74 Å². The Morgan fingerprint density at radius 3 is 2.85 bits per heavy atom. The molecule has 0 amide bonds. The van der Waals surface area contributed by atoms with Gasteiger partial charge in [0.1, 0.15) is 11.9 Å². The van der Waals surface area contributed by atoms with E-state index >= 15 is 0 Å². The summed E-state index contributed by atoms with van der Waals surface area (Å²) in [6.07, 6.45) is 4.51. The highest BCUT2D eigenvalue weighted by Crippen LogP contribution is 2.26. The van der Waals surface area contributed by atoms with Crippen LogP contribution in [0.5, 0.6) is 5.75 Å². The summed E-state index contributed by atoms with van der Waals surface area (Å²) in [4.78, 5) is 3.90. The lowest BCUT2D eigenvalue weighted by Crippen LogP contribution is -2.37. The number of aliphatic hydroxyl groups excluding tert-OH is 1. The van der Waals surface area contributed by atoms with Gasteiger partial charge in [0.05, 0.1) is 17.3 Å². The standard InChI is InChI=1S/C9H10ClNO2/c10-6-1-9(5-11-4-6)13-8-2-7(12)3-8/h1,4-5,7-8,12H,2-3H2. The van der Waals surface area contributed by atoms with E-state index in [1.165, 1.54) is 0 Å². The van der Waals surface area contributed by atoms with Crippen LogP contribution >= 0.6 is 11.6 Å². The number of ether oxygens (including phenoxy) is 1. The molecule has 0 radical (unpaired) electrons. The van der Waals surface area contributed by atoms with Crippen molar-refractivity contribution in [3.05, 3.63) is 23.5 Å². The first-order valence-corrected chi connectivity index (χ1v) is 4.57. The topological polar surface area (TPSA) is 42.4 Å². The molecule has 1 N–H and O–H groups in total. The zero-order valence-electron chi connectivity index (χ0n) is 6.98. The van der Waals surface area contributed by atoms with E-state index in [0.29, 0.717) is 23.6 Å². The van der Waals surface area contributed by atoms with Crippen LogP contribution in [-0.4, -0.2) is 22.3 Å². The first kappa shape index (κ1) is 8.78. The molecule has 2 rings (SSSR count). The molecule has 1 aliphatic carbocycles. The molecule has 0 bridgehead atoms. The van der Waals surface area contributed by atoms with Gasteiger partial charge in [-0.25, -0.2) is 0 Å². The third-order valence-electron chi connectivity index (χ3n) is 2.05. The van der Waals surface area contributed by atoms with E-state index in [9.17, 15) is 0 Å². The highest BCUT2D eigenvalue weighted by molar-refractivity contribution is 6.30. The maximum absolute atomic E-state index is 9.03. The molecule has 0 aliphatic heterocycles. The fraction of sp³-hybridized carbons (Fsp3) is 0.444. The molecule has 0 aromatic carbocycles. The summed E-state index contributed by atoms with van der Waals surface area (Å²) in [6.45, 7) is 0. The largest absolute Gasteiger partial charge is 0.489 e. The van der Waals surface area contributed by atoms with E-state index in [1.54, 1.807) is 18.5 Å². The monoisotopic (exact) mass is 199 g/mol. The molecule has 1 fully saturated rings. The average Bonchev–Trinajstić information content (AvgIpc) is 2.01. The lowest BCUT2D eigenvalue weighted by atomic mass is 9.92. The summed E-state index contributed by atoms with van der Waals surface area (Å²) in [7, 11) is 0. The van der Waals surface area contributed by atoms with Crippen molar-refractivity contribution in [3.63, 3.8) is 0 Å². The molecule has 0 unspecified atom stereocenters. The minimum atomic E-state index is -0.197. The van der Waals surface area contributed by atoms with E-state index in [0.717, 1.165) is 0 Å². The van der Waals surface area contributed by atoms with Gasteiger partial charge in [-0.05, 0) is 0 Å². The minimum Gasteiger partial charge on any atom is -0.489 e. The fourth-order valence-electron chi connectivity index (χ4n) is 1.28. The van der Waals surface area contributed by atoms with Crippen LogP contribution in [-0.2, 0) is 0 Å². The summed E-state index contributed by atoms with van der Waals surface area (Å²) in [5.41, 5.74) is 0. The second-order valence-corrected chi connectivity index (χ2v) is 3.64. The van der Waals surface area contributed by atoms with E-state index in [1.807, 2.05) is 0 Å². The molecule has 1 aromatic heterocycles. The Bertz CT molecular complexity index is 299. The van der Waals surface area contributed by atoms with E-state index in [2.05, 4.69) is 4.98 Å². The number of rotatable bonds is 2. The molecule has 0 spiro atoms. The van der Waals surface area contributed by atoms with Crippen LogP contribution in [0.3, 0.4) is 0 Å². The Labute approximate surface area is 81.3 Å². The summed E-state index contributed by atoms with van der Waals surface area (Å²) in [6, 6.07) is 1.72. The van der Waals surface area contributed by atoms with Gasteiger partial charge in [-0.3, -0.25) is 4.98 Å². The maximum Gasteiger partial charge on any atom is 0.139 e. The van der Waals surface area contributed by atoms with Crippen molar-refractivity contribution in [2.24, 2.45) is 0 Å². The molecular formula is C9H10ClNO2. The lowest BCUT2D eigenvalue weighted by molar-refractivity contribution is -0.0109. The first-order chi connectivity index (χ1) is 6.24. The zero-order chi connectivity index (χ0) is 9.26. The van der Waals surface area contributed by atoms with Gasteiger partial charge in [0.15, 0.2) is 0 Å². The minimum absolute atomic E-state index is 0.121. The Hall–Kier alpha value is -0.800. The van der Waals surface area contributed by atoms with E-state index in [-0.39, 0.29) is 12.2 Å². The Morgan fingerprint density at radius 2 is 2.23 bits per heavy atom. The lowest BCUT2D eigenvalue weighted by Gasteiger charge is -2.31. The molecule has 3 nitrogen and oxygen atoms in total. The van der Waals surface area contributed by atoms with Crippen molar-refractivity contribution < 1.29 is 9.84 Å². The highest BCUT2D eigenvalue weighted by atomic mass is 35.5. The van der Waals surface area contributed by atoms with Crippen molar-refractivity contribution in [2.75, 3.05) is 0 Å². The van der Waals surface area contributed by atoms with Crippen LogP contribution in [0.25, 0.3) is 0 Å². The molecule has 70 valence electrons. The quantitative estimate of drug-likeness (QED) is 0.788. The number of hydrogen-bond acceptors (Lipinski definition) is 3. The Morgan fingerprint density at radius 1 is 1.46 bits per heavy atom. The van der Waals surface area contributed by atoms with Crippen LogP contribution in [0.15, 0.2) is 18.5 Å². The summed E-state index contributed by atoms with van der Waals surface area (Å²) >= 11 is 5.73. The van der Waals surface area contributed by atoms with Crippen molar-refractivity contribution in [1.29, 1.82) is 0 Å². The molecule has 13 heavy (non-hydrogen) atoms. The average molecular weight is 200 g/mol. The van der Waals surface area contributed by atoms with Gasteiger partial charge in [0, 0.05) is 25.1 Å². The SMILES string of the molecule is OC1CC(Oc2cncc(Cl)c2)C1. The normalized spacial score (nSPS) is 26.6. The Balaban J connectivity index is 1.94. The van der Waals surface area contributed by atoms with Crippen LogP contribution in [0, 0.1) is 0 Å². The molecule has 1 heterocycles. The van der Waals surface area contributed by atoms with Crippen molar-refractivity contribution in [1.82, 2.24) is 4.98 Å². The number of pyridine rings is 1. The molecule has 0 atom stereocenters. The number of hydrogen-bond donors (Lipinski definition) is 1. The van der Waals surface area contributed by atoms with Crippen molar-refractivity contribution >= 4 is 11.6 Å². The van der Waals surface area contributed by atoms with E-state index < -0.39 is 0 Å². The highest BCUT2D eigenvalue weighted by Gasteiger charge is 2.28. The third kappa shape index (κ3) is 2.11. The summed E-state index contributed by atoms with van der Waals surface area (Å²) in [5.74, 6) is 0.671. The van der Waals surface area contributed by atoms with Crippen molar-refractivity contribution in [3.8, 4) is 5.75 Å². The van der Waals surface area contributed by atoms with Gasteiger partial charge in [-0.2, -0.15) is 0 Å². The predicted octanol–water partition coefficient (Wildman–Crippen LogP) is 1.64. The van der Waals surface area contributed by atoms with Crippen LogP contribution in [0.1, 0.15) is 12.8 Å². The number of halogens is 1. The molecular weight excluding hydrogens is 190 g/mol. The maximum atomic E-state index is 9.03. The fourth-order valence-corrected chi connectivity index (χ4v) is 1.45. The van der Waals surface area contributed by atoms with Gasteiger partial charge < -0.3 is 9.84 Å². The van der Waals surface area contributed by atoms with Gasteiger partial charge in [0.2, 0.25) is 0 Å². The molecule has 0 saturated heterocycles. The van der Waals surface area contributed by atoms with Crippen LogP contribution in [0.4, 0.5) is 0 Å². The summed E-state index contributed by atoms with van der Waals surface area (Å²) in [5, 5.41) is 9.60. The molecule has 1 aliphatic rings. The smallest absolute Gasteiger partial charge is 0.139 e. The van der Waals surface area contributed by atoms with E-state index in [4.69, 9.17) is 21.4 Å². The van der Waals surface area contributed by atoms with Gasteiger partial charge in [-0.15, -0.1) is 0 Å². The molecule has 4 heteroatoms. The molecule has 1 aromatic rings. The van der Waals surface area contributed by atoms with Crippen LogP contribution in [0.2, 0.25) is 5.02 Å².